The molecule has 0 radical (unpaired) electrons. The summed E-state index contributed by atoms with van der Waals surface area (Å²) < 4.78 is 12.6. The van der Waals surface area contributed by atoms with Crippen LogP contribution < -0.4 is 10.1 Å². The number of rotatable bonds is 10. The van der Waals surface area contributed by atoms with Gasteiger partial charge in [0, 0.05) is 42.0 Å². The number of hydrogen-bond acceptors (Lipinski definition) is 7. The molecule has 0 fully saturated rings. The van der Waals surface area contributed by atoms with Crippen LogP contribution in [0.5, 0.6) is 5.75 Å². The molecule has 2 atom stereocenters. The number of ether oxygens (including phenoxy) is 2. The molecule has 2 aromatic heterocycles. The van der Waals surface area contributed by atoms with Crippen LogP contribution in [0.3, 0.4) is 0 Å². The van der Waals surface area contributed by atoms with Crippen LogP contribution in [0.2, 0.25) is 0 Å². The number of alkyl carbamates (subject to hydrolysis) is 1. The van der Waals surface area contributed by atoms with E-state index in [9.17, 15) is 14.9 Å². The third-order valence-electron chi connectivity index (χ3n) is 6.87. The van der Waals surface area contributed by atoms with E-state index in [0.717, 1.165) is 51.7 Å². The van der Waals surface area contributed by atoms with Crippen molar-refractivity contribution in [1.29, 1.82) is 5.26 Å². The second kappa shape index (κ2) is 12.1. The van der Waals surface area contributed by atoms with E-state index in [1.165, 1.54) is 0 Å². The van der Waals surface area contributed by atoms with Crippen molar-refractivity contribution < 1.29 is 19.1 Å². The summed E-state index contributed by atoms with van der Waals surface area (Å²) in [5, 5.41) is 12.6. The summed E-state index contributed by atoms with van der Waals surface area (Å²) in [6.07, 6.45) is 6.06. The van der Waals surface area contributed by atoms with Crippen LogP contribution in [0.25, 0.3) is 0 Å². The lowest BCUT2D eigenvalue weighted by Gasteiger charge is -2.22. The van der Waals surface area contributed by atoms with Gasteiger partial charge in [-0.05, 0) is 54.4 Å². The van der Waals surface area contributed by atoms with Gasteiger partial charge in [0.05, 0.1) is 25.8 Å². The van der Waals surface area contributed by atoms with E-state index in [0.29, 0.717) is 25.1 Å². The van der Waals surface area contributed by atoms with Gasteiger partial charge in [-0.2, -0.15) is 5.26 Å². The third-order valence-corrected chi connectivity index (χ3v) is 8.12. The minimum Gasteiger partial charge on any atom is -0.497 e. The van der Waals surface area contributed by atoms with Crippen molar-refractivity contribution in [2.45, 2.75) is 51.5 Å². The van der Waals surface area contributed by atoms with Crippen LogP contribution in [-0.2, 0) is 42.4 Å². The maximum absolute atomic E-state index is 12.9. The number of aromatic nitrogens is 2. The number of carbonyl (C=O) groups excluding carboxylic acids is 2. The van der Waals surface area contributed by atoms with Gasteiger partial charge < -0.3 is 19.4 Å². The Bertz CT molecular complexity index is 1310. The Morgan fingerprint density at radius 2 is 2.22 bits per heavy atom. The van der Waals surface area contributed by atoms with Crippen molar-refractivity contribution in [3.05, 3.63) is 68.9 Å². The molecule has 1 aliphatic rings. The van der Waals surface area contributed by atoms with E-state index in [1.807, 2.05) is 49.0 Å². The van der Waals surface area contributed by atoms with Gasteiger partial charge in [0.15, 0.2) is 0 Å². The number of fused-ring (bicyclic) bond motifs is 1. The number of methoxy groups -OCH3 is 1. The number of imidazole rings is 1. The van der Waals surface area contributed by atoms with Crippen molar-refractivity contribution in [1.82, 2.24) is 14.9 Å². The first kappa shape index (κ1) is 26.4. The maximum atomic E-state index is 12.9. The number of ketones is 1. The minimum atomic E-state index is -0.464. The second-order valence-electron chi connectivity index (χ2n) is 9.53. The van der Waals surface area contributed by atoms with Crippen LogP contribution in [-0.4, -0.2) is 35.1 Å². The summed E-state index contributed by atoms with van der Waals surface area (Å²) >= 11 is 1.56. The largest absolute Gasteiger partial charge is 0.497 e. The highest BCUT2D eigenvalue weighted by molar-refractivity contribution is 7.12. The number of Topliss-reactive ketones (excluding diaryl/α,β-unsaturated/α-hetero) is 1. The quantitative estimate of drug-likeness (QED) is 0.415. The zero-order valence-electron chi connectivity index (χ0n) is 21.5. The Labute approximate surface area is 221 Å². The molecular weight excluding hydrogens is 488 g/mol. The zero-order valence-corrected chi connectivity index (χ0v) is 22.3. The summed E-state index contributed by atoms with van der Waals surface area (Å²) in [7, 11) is 3.50. The van der Waals surface area contributed by atoms with Crippen molar-refractivity contribution in [3.8, 4) is 11.8 Å². The normalized spacial score (nSPS) is 15.4. The Morgan fingerprint density at radius 1 is 1.38 bits per heavy atom. The Hall–Kier alpha value is -3.64. The molecule has 37 heavy (non-hydrogen) atoms. The van der Waals surface area contributed by atoms with Crippen LogP contribution in [0, 0.1) is 17.2 Å². The topological polar surface area (TPSA) is 106 Å². The molecule has 0 spiro atoms. The summed E-state index contributed by atoms with van der Waals surface area (Å²) in [5.74, 6) is 1.90. The standard InChI is InChI=1S/C28H32N4O4S/c1-18(20-5-4-6-22(13-20)35-3)11-21(33)14-26-24(15-29)23-8-7-19(12-25(23)37-26)17-36-28(34)31-16-27-30-9-10-32(27)2/h4-6,9-10,13,18-19H,7-8,11-12,14,16-17H2,1-3H3,(H,31,34). The molecule has 1 aromatic carbocycles. The van der Waals surface area contributed by atoms with Crippen molar-refractivity contribution in [2.75, 3.05) is 13.7 Å². The van der Waals surface area contributed by atoms with Gasteiger partial charge in [0.25, 0.3) is 0 Å². The van der Waals surface area contributed by atoms with Crippen LogP contribution in [0.15, 0.2) is 36.7 Å². The number of nitriles is 1. The van der Waals surface area contributed by atoms with E-state index in [4.69, 9.17) is 9.47 Å². The lowest BCUT2D eigenvalue weighted by molar-refractivity contribution is -0.118. The first-order valence-corrected chi connectivity index (χ1v) is 13.3. The number of benzene rings is 1. The number of amides is 1. The van der Waals surface area contributed by atoms with Crippen molar-refractivity contribution in [3.63, 3.8) is 0 Å². The molecule has 0 aliphatic heterocycles. The molecule has 1 amide bonds. The van der Waals surface area contributed by atoms with Crippen molar-refractivity contribution in [2.24, 2.45) is 13.0 Å². The zero-order chi connectivity index (χ0) is 26.4. The molecule has 194 valence electrons. The van der Waals surface area contributed by atoms with E-state index in [1.54, 1.807) is 24.6 Å². The molecule has 8 nitrogen and oxygen atoms in total. The fraction of sp³-hybridized carbons (Fsp3) is 0.429. The van der Waals surface area contributed by atoms with E-state index < -0.39 is 6.09 Å². The number of hydrogen-bond donors (Lipinski definition) is 1. The second-order valence-corrected chi connectivity index (χ2v) is 10.7. The highest BCUT2D eigenvalue weighted by Crippen LogP contribution is 2.37. The Kier molecular flexibility index (Phi) is 8.62. The van der Waals surface area contributed by atoms with Crippen LogP contribution in [0.4, 0.5) is 4.79 Å². The average Bonchev–Trinajstić information content (AvgIpc) is 3.47. The van der Waals surface area contributed by atoms with Crippen molar-refractivity contribution >= 4 is 23.2 Å². The third kappa shape index (κ3) is 6.57. The van der Waals surface area contributed by atoms with Gasteiger partial charge in [0.1, 0.15) is 23.4 Å². The van der Waals surface area contributed by atoms with E-state index >= 15 is 0 Å². The smallest absolute Gasteiger partial charge is 0.407 e. The van der Waals surface area contributed by atoms with Gasteiger partial charge in [-0.3, -0.25) is 4.79 Å². The molecule has 2 heterocycles. The van der Waals surface area contributed by atoms with Gasteiger partial charge in [-0.15, -0.1) is 11.3 Å². The number of nitrogens with zero attached hydrogens (tertiary/aromatic N) is 3. The number of thiophene rings is 1. The number of nitrogens with one attached hydrogen (secondary N) is 1. The molecule has 1 N–H and O–H groups in total. The highest BCUT2D eigenvalue weighted by atomic mass is 32.1. The molecule has 9 heteroatoms. The minimum absolute atomic E-state index is 0.0628. The number of carbonyl (C=O) groups is 2. The summed E-state index contributed by atoms with van der Waals surface area (Å²) in [6.45, 7) is 2.66. The summed E-state index contributed by atoms with van der Waals surface area (Å²) in [4.78, 5) is 31.2. The van der Waals surface area contributed by atoms with Crippen LogP contribution >= 0.6 is 11.3 Å². The molecular formula is C28H32N4O4S. The number of aryl methyl sites for hydroxylation is 1. The van der Waals surface area contributed by atoms with Gasteiger partial charge in [-0.25, -0.2) is 9.78 Å². The fourth-order valence-electron chi connectivity index (χ4n) is 4.73. The fourth-order valence-corrected chi connectivity index (χ4v) is 6.18. The molecule has 0 saturated heterocycles. The SMILES string of the molecule is COc1cccc(C(C)CC(=O)Cc2sc3c(c2C#N)CCC(COC(=O)NCc2nccn2C)C3)c1. The maximum Gasteiger partial charge on any atom is 0.407 e. The predicted octanol–water partition coefficient (Wildman–Crippen LogP) is 4.70. The highest BCUT2D eigenvalue weighted by Gasteiger charge is 2.27. The summed E-state index contributed by atoms with van der Waals surface area (Å²) in [6, 6.07) is 10.1. The summed E-state index contributed by atoms with van der Waals surface area (Å²) in [5.41, 5.74) is 2.78. The van der Waals surface area contributed by atoms with Gasteiger partial charge in [-0.1, -0.05) is 19.1 Å². The lowest BCUT2D eigenvalue weighted by Crippen LogP contribution is -2.28. The first-order chi connectivity index (χ1) is 17.9. The molecule has 0 saturated carbocycles. The van der Waals surface area contributed by atoms with Gasteiger partial charge in [0.2, 0.25) is 0 Å². The molecule has 4 rings (SSSR count). The average molecular weight is 521 g/mol. The van der Waals surface area contributed by atoms with E-state index in [2.05, 4.69) is 16.4 Å². The predicted molar refractivity (Wildman–Crippen MR) is 141 cm³/mol. The first-order valence-electron chi connectivity index (χ1n) is 12.4. The van der Waals surface area contributed by atoms with Crippen LogP contribution in [0.1, 0.15) is 58.0 Å². The molecule has 1 aliphatic carbocycles. The Balaban J connectivity index is 1.31. The Morgan fingerprint density at radius 3 is 2.95 bits per heavy atom. The van der Waals surface area contributed by atoms with Gasteiger partial charge >= 0.3 is 6.09 Å². The molecule has 3 aromatic rings. The lowest BCUT2D eigenvalue weighted by atomic mass is 9.87. The monoisotopic (exact) mass is 520 g/mol. The van der Waals surface area contributed by atoms with E-state index in [-0.39, 0.29) is 24.0 Å². The molecule has 2 unspecified atom stereocenters. The molecule has 0 bridgehead atoms.